The molecule has 6 aliphatic rings. The van der Waals surface area contributed by atoms with Crippen LogP contribution in [0.15, 0.2) is 158 Å². The molecule has 6 aromatic rings. The smallest absolute Gasteiger partial charge is 0.411 e. The highest BCUT2D eigenvalue weighted by Crippen LogP contribution is 2.26. The Kier molecular flexibility index (Phi) is 30.2. The van der Waals surface area contributed by atoms with E-state index in [0.29, 0.717) is 88.2 Å². The number of ether oxygens (including phenoxy) is 4. The van der Waals surface area contributed by atoms with Gasteiger partial charge in [-0.05, 0) is 169 Å². The summed E-state index contributed by atoms with van der Waals surface area (Å²) in [5, 5.41) is 27.3. The van der Waals surface area contributed by atoms with Crippen LogP contribution in [0.3, 0.4) is 0 Å². The van der Waals surface area contributed by atoms with Crippen molar-refractivity contribution >= 4 is 53.6 Å². The van der Waals surface area contributed by atoms with E-state index in [9.17, 15) is 53.4 Å². The van der Waals surface area contributed by atoms with Crippen molar-refractivity contribution in [2.75, 3.05) is 72.1 Å². The number of nitrogens with one attached hydrogen (secondary N) is 2. The largest absolute Gasteiger partial charge is 0.494 e. The summed E-state index contributed by atoms with van der Waals surface area (Å²) in [6.07, 6.45) is 2.37. The van der Waals surface area contributed by atoms with Gasteiger partial charge in [-0.3, -0.25) is 38.6 Å². The van der Waals surface area contributed by atoms with E-state index in [1.54, 1.807) is 95.0 Å². The third-order valence-corrected chi connectivity index (χ3v) is 17.4. The van der Waals surface area contributed by atoms with Crippen molar-refractivity contribution in [2.45, 2.75) is 163 Å². The summed E-state index contributed by atoms with van der Waals surface area (Å²) < 4.78 is 22.7. The molecule has 4 unspecified atom stereocenters. The zero-order valence-electron chi connectivity index (χ0n) is 60.6. The number of carboxylic acid groups (broad SMARTS) is 1. The lowest BCUT2D eigenvalue weighted by Crippen LogP contribution is -2.66. The fourth-order valence-electron chi connectivity index (χ4n) is 12.2. The molecule has 4 atom stereocenters. The number of carboxylic acids is 1. The number of carbonyl (C=O) groups is 9. The number of hydrogen-bond donors (Lipinski definition) is 4. The minimum atomic E-state index is -1.53. The van der Waals surface area contributed by atoms with E-state index in [2.05, 4.69) is 10.6 Å². The maximum atomic E-state index is 14.3. The van der Waals surface area contributed by atoms with E-state index < -0.39 is 71.3 Å². The third kappa shape index (κ3) is 24.4. The first-order valence-corrected chi connectivity index (χ1v) is 35.6. The van der Waals surface area contributed by atoms with Crippen molar-refractivity contribution in [2.24, 2.45) is 0 Å². The summed E-state index contributed by atoms with van der Waals surface area (Å²) in [7, 11) is 0. The minimum Gasteiger partial charge on any atom is -0.494 e. The lowest BCUT2D eigenvalue weighted by molar-refractivity contribution is -0.148. The maximum Gasteiger partial charge on any atom is 0.411 e. The van der Waals surface area contributed by atoms with Gasteiger partial charge in [0.2, 0.25) is 11.8 Å². The number of carbonyl (C=O) groups excluding carboxylic acids is 8. The summed E-state index contributed by atoms with van der Waals surface area (Å²) in [5.74, 6) is -1.59. The topological polar surface area (TPSA) is 275 Å². The second-order valence-corrected chi connectivity index (χ2v) is 28.1. The van der Waals surface area contributed by atoms with Crippen molar-refractivity contribution in [3.05, 3.63) is 202 Å². The predicted octanol–water partition coefficient (Wildman–Crippen LogP) is 11.1. The number of nitrogens with zero attached hydrogens (tertiary/aromatic N) is 6. The van der Waals surface area contributed by atoms with Crippen molar-refractivity contribution in [3.63, 3.8) is 0 Å². The lowest BCUT2D eigenvalue weighted by Gasteiger charge is -2.44. The molecule has 6 aliphatic heterocycles. The Morgan fingerprint density at radius 1 is 0.519 bits per heavy atom. The Bertz CT molecular complexity index is 3830. The van der Waals surface area contributed by atoms with Crippen LogP contribution >= 0.6 is 0 Å². The van der Waals surface area contributed by atoms with Crippen molar-refractivity contribution in [3.8, 4) is 11.5 Å². The Morgan fingerprint density at radius 2 is 0.971 bits per heavy atom. The van der Waals surface area contributed by atoms with Crippen molar-refractivity contribution < 1.29 is 72.3 Å². The number of piperazine rings is 2. The van der Waals surface area contributed by atoms with Gasteiger partial charge in [-0.1, -0.05) is 118 Å². The Balaban J connectivity index is 0.000000241. The number of benzene rings is 6. The monoisotopic (exact) mass is 1430 g/mol. The maximum absolute atomic E-state index is 14.3. The van der Waals surface area contributed by atoms with Gasteiger partial charge in [-0.25, -0.2) is 14.4 Å². The van der Waals surface area contributed by atoms with Crippen LogP contribution in [0.4, 0.5) is 9.59 Å². The summed E-state index contributed by atoms with van der Waals surface area (Å²) in [6.45, 7) is 20.5. The summed E-state index contributed by atoms with van der Waals surface area (Å²) >= 11 is 0. The highest BCUT2D eigenvalue weighted by atomic mass is 16.6. The van der Waals surface area contributed by atoms with Gasteiger partial charge in [0, 0.05) is 94.1 Å². The molecule has 0 radical (unpaired) electrons. The molecule has 2 fully saturated rings. The first-order chi connectivity index (χ1) is 49.3. The fourth-order valence-corrected chi connectivity index (χ4v) is 12.2. The average Bonchev–Trinajstić information content (AvgIpc) is 0.498. The second kappa shape index (κ2) is 38.8. The molecule has 0 aliphatic carbocycles. The number of aliphatic carboxylic acids is 1. The molecule has 0 saturated carbocycles. The van der Waals surface area contributed by atoms with E-state index in [-0.39, 0.29) is 68.8 Å². The van der Waals surface area contributed by atoms with Crippen LogP contribution < -0.4 is 20.1 Å². The summed E-state index contributed by atoms with van der Waals surface area (Å²) in [5.41, 5.74) is 3.48. The normalized spacial score (nSPS) is 18.3. The molecule has 23 heteroatoms. The zero-order valence-corrected chi connectivity index (χ0v) is 60.6. The van der Waals surface area contributed by atoms with Gasteiger partial charge in [0.05, 0.1) is 19.3 Å². The first-order valence-electron chi connectivity index (χ1n) is 35.6. The molecule has 2 saturated heterocycles. The molecular formula is C81H104N8O15. The standard InChI is InChI=1S/C40H50N4O7.C24H28N2O5.C16H22N2O3.CH4/c1-5-20-42-21-9-10-24-50-32-18-16-28(17-19-32)25-33(41-36(46)30-14-11-15-31(26-30)37(42)47)35(45)34-38(48)43(27-29-12-7-6-8-13-29)22-23-44(34)39(49)51-40(2,3)4;1-2-12-26-13-3-4-14-31-20-10-8-17(9-11-20)15-21(24(29)30)25-22(27)18-6-5-7-19(16-18)23(26)28;1-16(2,3)21-15(20)18-10-9-17(14(19)12-18)11-13-7-5-4-6-8-13;/h6-8,11-19,26,33-35,45H,5,9-10,20-25,27H2,1-4H3,(H,41,46);5-11,16,21H,2-4,12-15H2,1H3,(H,25,27)(H,29,30);4-8H,9-12H2,1-3H3;1H4. The Hall–Kier alpha value is -10.3. The molecular weight excluding hydrogens is 1320 g/mol. The Labute approximate surface area is 611 Å². The van der Waals surface area contributed by atoms with E-state index in [4.69, 9.17) is 18.9 Å². The lowest BCUT2D eigenvalue weighted by atomic mass is 9.92. The number of aliphatic hydroxyl groups excluding tert-OH is 1. The van der Waals surface area contributed by atoms with Gasteiger partial charge in [-0.15, -0.1) is 0 Å². The number of aliphatic hydroxyl groups is 1. The number of fused-ring (bicyclic) bond motifs is 22. The van der Waals surface area contributed by atoms with Gasteiger partial charge in [0.15, 0.2) is 0 Å². The van der Waals surface area contributed by atoms with Gasteiger partial charge in [0.1, 0.15) is 47.4 Å². The van der Waals surface area contributed by atoms with E-state index in [1.807, 2.05) is 132 Å². The van der Waals surface area contributed by atoms with E-state index in [0.717, 1.165) is 60.8 Å². The zero-order chi connectivity index (χ0) is 74.2. The average molecular weight is 1430 g/mol. The summed E-state index contributed by atoms with van der Waals surface area (Å²) in [4.78, 5) is 127. The molecule has 6 aromatic carbocycles. The summed E-state index contributed by atoms with van der Waals surface area (Å²) in [6, 6.07) is 43.5. The second-order valence-electron chi connectivity index (χ2n) is 28.1. The Morgan fingerprint density at radius 3 is 1.44 bits per heavy atom. The van der Waals surface area contributed by atoms with Crippen LogP contribution in [0.25, 0.3) is 0 Å². The molecule has 8 amide bonds. The molecule has 12 rings (SSSR count). The van der Waals surface area contributed by atoms with Crippen LogP contribution in [0.1, 0.15) is 165 Å². The fraction of sp³-hybridized carbons (Fsp3) is 0.444. The van der Waals surface area contributed by atoms with Gasteiger partial charge < -0.3 is 59.4 Å². The molecule has 0 spiro atoms. The molecule has 8 bridgehead atoms. The van der Waals surface area contributed by atoms with Crippen LogP contribution in [0.5, 0.6) is 11.5 Å². The highest BCUT2D eigenvalue weighted by Gasteiger charge is 2.46. The van der Waals surface area contributed by atoms with Crippen molar-refractivity contribution in [1.29, 1.82) is 0 Å². The van der Waals surface area contributed by atoms with E-state index in [1.165, 1.54) is 15.9 Å². The van der Waals surface area contributed by atoms with Crippen LogP contribution in [-0.4, -0.2) is 201 Å². The predicted molar refractivity (Wildman–Crippen MR) is 396 cm³/mol. The van der Waals surface area contributed by atoms with Gasteiger partial charge in [0.25, 0.3) is 23.6 Å². The first kappa shape index (κ1) is 81.0. The molecule has 6 heterocycles. The molecule has 4 N–H and O–H groups in total. The third-order valence-electron chi connectivity index (χ3n) is 17.4. The van der Waals surface area contributed by atoms with E-state index >= 15 is 0 Å². The number of hydrogen-bond acceptors (Lipinski definition) is 14. The molecule has 0 aromatic heterocycles. The quantitative estimate of drug-likeness (QED) is 0.0939. The van der Waals surface area contributed by atoms with Gasteiger partial charge >= 0.3 is 18.2 Å². The van der Waals surface area contributed by atoms with Crippen molar-refractivity contribution in [1.82, 2.24) is 40.0 Å². The molecule has 104 heavy (non-hydrogen) atoms. The van der Waals surface area contributed by atoms with Gasteiger partial charge in [-0.2, -0.15) is 0 Å². The van der Waals surface area contributed by atoms with Crippen LogP contribution in [0, 0.1) is 0 Å². The SMILES string of the molecule is C.CC(C)(C)OC(=O)N1CCN(Cc2ccccc2)C(=O)C1.CCCN1CCCCOc2ccc(cc2)CC(C(=O)O)NC(=O)c2cccc(c2)C1=O.CCCN1CCCCOc2ccc(cc2)CC(C(O)C2C(=O)N(Cc3ccccc3)CCN2C(=O)OC(C)(C)C)NC(=O)c2cccc(c2)C1=O. The molecule has 558 valence electrons. The highest BCUT2D eigenvalue weighted by molar-refractivity contribution is 6.01. The van der Waals surface area contributed by atoms with Crippen LogP contribution in [-0.2, 0) is 49.8 Å². The minimum absolute atomic E-state index is 0. The molecule has 23 nitrogen and oxygen atoms in total. The number of rotatable bonds is 11. The number of amides is 8. The van der Waals surface area contributed by atoms with Crippen LogP contribution in [0.2, 0.25) is 0 Å².